The van der Waals surface area contributed by atoms with Gasteiger partial charge in [-0.25, -0.2) is 14.4 Å². The van der Waals surface area contributed by atoms with E-state index in [-0.39, 0.29) is 5.82 Å². The first-order valence-electron chi connectivity index (χ1n) is 8.41. The van der Waals surface area contributed by atoms with Gasteiger partial charge in [0, 0.05) is 6.54 Å². The average Bonchev–Trinajstić information content (AvgIpc) is 3.31. The largest absolute Gasteiger partial charge is 0.443 e. The predicted octanol–water partition coefficient (Wildman–Crippen LogP) is 4.11. The van der Waals surface area contributed by atoms with Crippen LogP contribution in [0.4, 0.5) is 4.39 Å². The van der Waals surface area contributed by atoms with Crippen molar-refractivity contribution in [1.82, 2.24) is 15.6 Å². The first-order chi connectivity index (χ1) is 12.7. The molecule has 0 aliphatic rings. The second-order valence-corrected chi connectivity index (χ2v) is 6.70. The maximum Gasteiger partial charge on any atom is 0.236 e. The van der Waals surface area contributed by atoms with E-state index in [4.69, 9.17) is 4.42 Å². The highest BCUT2D eigenvalue weighted by Gasteiger charge is 2.08. The molecule has 0 saturated heterocycles. The number of aliphatic imine (C=N–C) groups is 1. The van der Waals surface area contributed by atoms with E-state index in [0.29, 0.717) is 30.5 Å². The molecule has 0 spiro atoms. The van der Waals surface area contributed by atoms with Gasteiger partial charge in [0.1, 0.15) is 12.1 Å². The predicted molar refractivity (Wildman–Crippen MR) is 103 cm³/mol. The molecule has 0 radical (unpaired) electrons. The molecular weight excluding hydrogens is 351 g/mol. The number of oxazole rings is 1. The van der Waals surface area contributed by atoms with Crippen molar-refractivity contribution in [2.24, 2.45) is 4.99 Å². The number of nitrogens with zero attached hydrogens (tertiary/aromatic N) is 2. The van der Waals surface area contributed by atoms with Crippen molar-refractivity contribution in [3.8, 4) is 10.8 Å². The molecule has 2 N–H and O–H groups in total. The van der Waals surface area contributed by atoms with Crippen LogP contribution in [0.5, 0.6) is 0 Å². The van der Waals surface area contributed by atoms with Crippen molar-refractivity contribution < 1.29 is 8.81 Å². The minimum absolute atomic E-state index is 0.199. The molecule has 0 aliphatic carbocycles. The Kier molecular flexibility index (Phi) is 6.01. The Hall–Kier alpha value is -2.67. The number of rotatable bonds is 6. The maximum absolute atomic E-state index is 13.4. The minimum Gasteiger partial charge on any atom is -0.443 e. The highest BCUT2D eigenvalue weighted by atomic mass is 32.1. The molecule has 26 heavy (non-hydrogen) atoms. The summed E-state index contributed by atoms with van der Waals surface area (Å²) in [6.45, 7) is 5.47. The summed E-state index contributed by atoms with van der Waals surface area (Å²) in [5.41, 5.74) is 2.39. The van der Waals surface area contributed by atoms with Crippen LogP contribution in [0.1, 0.15) is 23.7 Å². The van der Waals surface area contributed by atoms with Crippen LogP contribution in [-0.4, -0.2) is 17.5 Å². The number of aryl methyl sites for hydroxylation is 1. The topological polar surface area (TPSA) is 62.5 Å². The summed E-state index contributed by atoms with van der Waals surface area (Å²) in [5.74, 6) is 1.10. The number of thiophene rings is 1. The summed E-state index contributed by atoms with van der Waals surface area (Å²) in [5, 5.41) is 8.42. The van der Waals surface area contributed by atoms with Crippen molar-refractivity contribution >= 4 is 17.3 Å². The summed E-state index contributed by atoms with van der Waals surface area (Å²) in [4.78, 5) is 10.0. The zero-order chi connectivity index (χ0) is 18.4. The second-order valence-electron chi connectivity index (χ2n) is 5.75. The van der Waals surface area contributed by atoms with Crippen LogP contribution in [-0.2, 0) is 13.1 Å². The molecule has 2 aromatic heterocycles. The van der Waals surface area contributed by atoms with E-state index in [2.05, 4.69) is 20.6 Å². The summed E-state index contributed by atoms with van der Waals surface area (Å²) in [6, 6.07) is 8.98. The minimum atomic E-state index is -0.199. The molecule has 0 amide bonds. The van der Waals surface area contributed by atoms with Crippen molar-refractivity contribution in [1.29, 1.82) is 0 Å². The molecule has 1 aromatic carbocycles. The van der Waals surface area contributed by atoms with Gasteiger partial charge in [0.05, 0.1) is 23.7 Å². The molecule has 0 aliphatic heterocycles. The lowest BCUT2D eigenvalue weighted by Crippen LogP contribution is -2.36. The van der Waals surface area contributed by atoms with E-state index in [1.807, 2.05) is 30.5 Å². The van der Waals surface area contributed by atoms with Gasteiger partial charge in [-0.3, -0.25) is 0 Å². The van der Waals surface area contributed by atoms with Crippen molar-refractivity contribution in [2.75, 3.05) is 6.54 Å². The van der Waals surface area contributed by atoms with Crippen LogP contribution in [0.2, 0.25) is 0 Å². The van der Waals surface area contributed by atoms with E-state index in [9.17, 15) is 4.39 Å². The third-order valence-corrected chi connectivity index (χ3v) is 4.56. The number of guanidine groups is 1. The molecule has 3 rings (SSSR count). The monoisotopic (exact) mass is 372 g/mol. The summed E-state index contributed by atoms with van der Waals surface area (Å²) < 4.78 is 18.9. The molecule has 3 aromatic rings. The molecular formula is C19H21FN4OS. The molecule has 0 unspecified atom stereocenters. The van der Waals surface area contributed by atoms with Crippen molar-refractivity contribution in [2.45, 2.75) is 26.9 Å². The zero-order valence-electron chi connectivity index (χ0n) is 14.8. The standard InChI is InChI=1S/C19H21FN4OS/c1-3-21-19(22-10-14-6-7-16(20)13(2)9-14)23-11-15-12-25-18(24-15)17-5-4-8-26-17/h4-9,12H,3,10-11H2,1-2H3,(H2,21,22,23). The number of halogens is 1. The number of hydrogen-bond donors (Lipinski definition) is 2. The van der Waals surface area contributed by atoms with E-state index >= 15 is 0 Å². The lowest BCUT2D eigenvalue weighted by atomic mass is 10.1. The fraction of sp³-hybridized carbons (Fsp3) is 0.263. The quantitative estimate of drug-likeness (QED) is 0.505. The molecule has 0 atom stereocenters. The van der Waals surface area contributed by atoms with Gasteiger partial charge in [-0.15, -0.1) is 11.3 Å². The first kappa shape index (κ1) is 18.1. The SMILES string of the molecule is CCNC(=NCc1ccc(F)c(C)c1)NCc1coc(-c2cccs2)n1. The molecule has 0 fully saturated rings. The number of benzene rings is 1. The third-order valence-electron chi connectivity index (χ3n) is 3.71. The van der Waals surface area contributed by atoms with Gasteiger partial charge in [-0.1, -0.05) is 18.2 Å². The van der Waals surface area contributed by atoms with Crippen LogP contribution in [0.3, 0.4) is 0 Å². The molecule has 136 valence electrons. The van der Waals surface area contributed by atoms with Gasteiger partial charge < -0.3 is 15.1 Å². The Labute approximate surface area is 156 Å². The van der Waals surface area contributed by atoms with E-state index in [1.54, 1.807) is 30.6 Å². The average molecular weight is 372 g/mol. The normalized spacial score (nSPS) is 11.6. The lowest BCUT2D eigenvalue weighted by Gasteiger charge is -2.10. The smallest absolute Gasteiger partial charge is 0.236 e. The Balaban J connectivity index is 1.62. The van der Waals surface area contributed by atoms with Crippen LogP contribution >= 0.6 is 11.3 Å². The second kappa shape index (κ2) is 8.62. The first-order valence-corrected chi connectivity index (χ1v) is 9.29. The van der Waals surface area contributed by atoms with E-state index in [0.717, 1.165) is 22.7 Å². The van der Waals surface area contributed by atoms with Gasteiger partial charge >= 0.3 is 0 Å². The van der Waals surface area contributed by atoms with Crippen LogP contribution in [0, 0.1) is 12.7 Å². The Bertz CT molecular complexity index is 874. The summed E-state index contributed by atoms with van der Waals surface area (Å²) in [6.07, 6.45) is 1.65. The fourth-order valence-electron chi connectivity index (χ4n) is 2.39. The highest BCUT2D eigenvalue weighted by Crippen LogP contribution is 2.23. The zero-order valence-corrected chi connectivity index (χ0v) is 15.6. The fourth-order valence-corrected chi connectivity index (χ4v) is 3.05. The highest BCUT2D eigenvalue weighted by molar-refractivity contribution is 7.13. The number of hydrogen-bond acceptors (Lipinski definition) is 4. The maximum atomic E-state index is 13.4. The lowest BCUT2D eigenvalue weighted by molar-refractivity contribution is 0.573. The van der Waals surface area contributed by atoms with Crippen LogP contribution in [0.15, 0.2) is 51.4 Å². The molecule has 2 heterocycles. The molecule has 7 heteroatoms. The van der Waals surface area contributed by atoms with Gasteiger partial charge in [0.2, 0.25) is 5.89 Å². The van der Waals surface area contributed by atoms with E-state index < -0.39 is 0 Å². The molecule has 0 bridgehead atoms. The Morgan fingerprint density at radius 1 is 1.31 bits per heavy atom. The van der Waals surface area contributed by atoms with Gasteiger partial charge in [-0.2, -0.15) is 0 Å². The number of aromatic nitrogens is 1. The van der Waals surface area contributed by atoms with Gasteiger partial charge in [0.15, 0.2) is 5.96 Å². The summed E-state index contributed by atoms with van der Waals surface area (Å²) in [7, 11) is 0. The van der Waals surface area contributed by atoms with Crippen molar-refractivity contribution in [3.05, 3.63) is 64.6 Å². The van der Waals surface area contributed by atoms with Crippen molar-refractivity contribution in [3.63, 3.8) is 0 Å². The molecule has 5 nitrogen and oxygen atoms in total. The Morgan fingerprint density at radius 3 is 2.92 bits per heavy atom. The van der Waals surface area contributed by atoms with Gasteiger partial charge in [0.25, 0.3) is 0 Å². The summed E-state index contributed by atoms with van der Waals surface area (Å²) >= 11 is 1.59. The van der Waals surface area contributed by atoms with E-state index in [1.165, 1.54) is 6.07 Å². The van der Waals surface area contributed by atoms with Crippen LogP contribution in [0.25, 0.3) is 10.8 Å². The van der Waals surface area contributed by atoms with Crippen LogP contribution < -0.4 is 10.6 Å². The Morgan fingerprint density at radius 2 is 2.19 bits per heavy atom. The number of nitrogens with one attached hydrogen (secondary N) is 2. The molecule has 0 saturated carbocycles. The van der Waals surface area contributed by atoms with Gasteiger partial charge in [-0.05, 0) is 42.5 Å². The third kappa shape index (κ3) is 4.70.